The van der Waals surface area contributed by atoms with Gasteiger partial charge >= 0.3 is 0 Å². The highest BCUT2D eigenvalue weighted by molar-refractivity contribution is 5.20. The summed E-state index contributed by atoms with van der Waals surface area (Å²) >= 11 is 0. The Morgan fingerprint density at radius 1 is 1.38 bits per heavy atom. The molecule has 92 valence electrons. The summed E-state index contributed by atoms with van der Waals surface area (Å²) in [5.41, 5.74) is -1.55. The second-order valence-corrected chi connectivity index (χ2v) is 5.38. The molecule has 1 fully saturated rings. The van der Waals surface area contributed by atoms with Crippen LogP contribution in [0.4, 0.5) is 0 Å². The van der Waals surface area contributed by atoms with Gasteiger partial charge in [0, 0.05) is 0 Å². The van der Waals surface area contributed by atoms with Gasteiger partial charge in [-0.2, -0.15) is 0 Å². The highest BCUT2D eigenvalue weighted by Crippen LogP contribution is 2.37. The standard InChI is InChI=1S/C13H22O3/c1-6-13(15)11(14)10(7-8(2)3)16-12(13)9(4)5/h1,8-12,14-15H,7H2,2-5H3/t10-,11-,12+,13-/m1/s1. The Labute approximate surface area is 97.8 Å². The Balaban J connectivity index is 2.88. The number of aliphatic hydroxyl groups is 2. The van der Waals surface area contributed by atoms with Crippen molar-refractivity contribution < 1.29 is 14.9 Å². The molecule has 16 heavy (non-hydrogen) atoms. The molecular weight excluding hydrogens is 204 g/mol. The molecule has 3 nitrogen and oxygen atoms in total. The van der Waals surface area contributed by atoms with Crippen LogP contribution < -0.4 is 0 Å². The molecule has 0 bridgehead atoms. The van der Waals surface area contributed by atoms with Crippen molar-refractivity contribution in [2.75, 3.05) is 0 Å². The van der Waals surface area contributed by atoms with Crippen molar-refractivity contribution in [3.8, 4) is 12.3 Å². The van der Waals surface area contributed by atoms with Crippen LogP contribution in [-0.4, -0.2) is 34.1 Å². The largest absolute Gasteiger partial charge is 0.386 e. The van der Waals surface area contributed by atoms with E-state index in [-0.39, 0.29) is 12.0 Å². The van der Waals surface area contributed by atoms with E-state index in [9.17, 15) is 10.2 Å². The number of aliphatic hydroxyl groups excluding tert-OH is 1. The quantitative estimate of drug-likeness (QED) is 0.710. The van der Waals surface area contributed by atoms with Crippen LogP contribution in [0.15, 0.2) is 0 Å². The molecule has 0 spiro atoms. The van der Waals surface area contributed by atoms with Crippen molar-refractivity contribution in [2.24, 2.45) is 11.8 Å². The van der Waals surface area contributed by atoms with Crippen molar-refractivity contribution in [3.63, 3.8) is 0 Å². The van der Waals surface area contributed by atoms with E-state index in [1.807, 2.05) is 27.7 Å². The van der Waals surface area contributed by atoms with Crippen LogP contribution >= 0.6 is 0 Å². The maximum atomic E-state index is 10.3. The Morgan fingerprint density at radius 2 is 1.94 bits per heavy atom. The van der Waals surface area contributed by atoms with Gasteiger partial charge in [-0.15, -0.1) is 6.42 Å². The number of terminal acetylenes is 1. The Kier molecular flexibility index (Phi) is 4.01. The Hall–Kier alpha value is -0.560. The van der Waals surface area contributed by atoms with Gasteiger partial charge in [0.2, 0.25) is 0 Å². The fourth-order valence-electron chi connectivity index (χ4n) is 2.30. The van der Waals surface area contributed by atoms with E-state index >= 15 is 0 Å². The molecule has 1 rings (SSSR count). The second kappa shape index (κ2) is 4.75. The van der Waals surface area contributed by atoms with Gasteiger partial charge < -0.3 is 14.9 Å². The van der Waals surface area contributed by atoms with Gasteiger partial charge in [-0.25, -0.2) is 0 Å². The third-order valence-electron chi connectivity index (χ3n) is 3.10. The summed E-state index contributed by atoms with van der Waals surface area (Å²) in [6, 6.07) is 0. The third-order valence-corrected chi connectivity index (χ3v) is 3.10. The van der Waals surface area contributed by atoms with Gasteiger partial charge in [-0.05, 0) is 18.3 Å². The number of ether oxygens (including phenoxy) is 1. The van der Waals surface area contributed by atoms with Gasteiger partial charge in [-0.1, -0.05) is 33.6 Å². The van der Waals surface area contributed by atoms with E-state index in [1.165, 1.54) is 0 Å². The van der Waals surface area contributed by atoms with Crippen LogP contribution in [-0.2, 0) is 4.74 Å². The molecule has 0 saturated carbocycles. The average molecular weight is 226 g/mol. The molecule has 0 aromatic rings. The summed E-state index contributed by atoms with van der Waals surface area (Å²) in [4.78, 5) is 0. The van der Waals surface area contributed by atoms with Crippen molar-refractivity contribution in [1.82, 2.24) is 0 Å². The highest BCUT2D eigenvalue weighted by Gasteiger charge is 2.55. The minimum atomic E-state index is -1.55. The molecule has 1 heterocycles. The topological polar surface area (TPSA) is 49.7 Å². The summed E-state index contributed by atoms with van der Waals surface area (Å²) in [7, 11) is 0. The van der Waals surface area contributed by atoms with Gasteiger partial charge in [-0.3, -0.25) is 0 Å². The van der Waals surface area contributed by atoms with Crippen molar-refractivity contribution >= 4 is 0 Å². The molecule has 1 aliphatic rings. The van der Waals surface area contributed by atoms with Crippen LogP contribution in [0.2, 0.25) is 0 Å². The molecule has 2 N–H and O–H groups in total. The summed E-state index contributed by atoms with van der Waals surface area (Å²) in [5, 5.41) is 20.3. The molecule has 3 heteroatoms. The molecule has 0 radical (unpaired) electrons. The fourth-order valence-corrected chi connectivity index (χ4v) is 2.30. The molecule has 0 amide bonds. The van der Waals surface area contributed by atoms with E-state index < -0.39 is 17.8 Å². The summed E-state index contributed by atoms with van der Waals surface area (Å²) in [6.07, 6.45) is 4.19. The number of hydrogen-bond acceptors (Lipinski definition) is 3. The SMILES string of the molecule is C#C[C@@]1(O)[C@H](O)[C@@H](CC(C)C)O[C@H]1C(C)C. The van der Waals surface area contributed by atoms with E-state index in [2.05, 4.69) is 5.92 Å². The fraction of sp³-hybridized carbons (Fsp3) is 0.846. The zero-order valence-electron chi connectivity index (χ0n) is 10.5. The Bertz CT molecular complexity index is 279. The van der Waals surface area contributed by atoms with Crippen LogP contribution in [0.3, 0.4) is 0 Å². The smallest absolute Gasteiger partial charge is 0.179 e. The molecular formula is C13H22O3. The highest BCUT2D eigenvalue weighted by atomic mass is 16.5. The first-order valence-electron chi connectivity index (χ1n) is 5.86. The zero-order chi connectivity index (χ0) is 12.5. The lowest BCUT2D eigenvalue weighted by molar-refractivity contribution is -0.0520. The van der Waals surface area contributed by atoms with Gasteiger partial charge in [0.15, 0.2) is 5.60 Å². The lowest BCUT2D eigenvalue weighted by Crippen LogP contribution is -2.48. The summed E-state index contributed by atoms with van der Waals surface area (Å²) < 4.78 is 5.71. The third kappa shape index (κ3) is 2.24. The van der Waals surface area contributed by atoms with Crippen molar-refractivity contribution in [1.29, 1.82) is 0 Å². The second-order valence-electron chi connectivity index (χ2n) is 5.38. The van der Waals surface area contributed by atoms with Gasteiger partial charge in [0.05, 0.1) is 6.10 Å². The monoisotopic (exact) mass is 226 g/mol. The molecule has 0 aliphatic carbocycles. The summed E-state index contributed by atoms with van der Waals surface area (Å²) in [5.74, 6) is 2.78. The molecule has 0 aromatic heterocycles. The van der Waals surface area contributed by atoms with E-state index in [4.69, 9.17) is 11.2 Å². The van der Waals surface area contributed by atoms with Crippen LogP contribution in [0, 0.1) is 24.2 Å². The lowest BCUT2D eigenvalue weighted by atomic mass is 9.85. The average Bonchev–Trinajstić information content (AvgIpc) is 2.43. The minimum Gasteiger partial charge on any atom is -0.386 e. The normalized spacial score (nSPS) is 39.3. The van der Waals surface area contributed by atoms with E-state index in [1.54, 1.807) is 0 Å². The van der Waals surface area contributed by atoms with Crippen LogP contribution in [0.25, 0.3) is 0 Å². The molecule has 1 aliphatic heterocycles. The van der Waals surface area contributed by atoms with E-state index in [0.717, 1.165) is 0 Å². The summed E-state index contributed by atoms with van der Waals surface area (Å²) in [6.45, 7) is 7.95. The first-order valence-corrected chi connectivity index (χ1v) is 5.86. The number of hydrogen-bond donors (Lipinski definition) is 2. The predicted molar refractivity (Wildman–Crippen MR) is 62.7 cm³/mol. The zero-order valence-corrected chi connectivity index (χ0v) is 10.5. The van der Waals surface area contributed by atoms with Crippen molar-refractivity contribution in [3.05, 3.63) is 0 Å². The lowest BCUT2D eigenvalue weighted by Gasteiger charge is -2.27. The first kappa shape index (κ1) is 13.5. The predicted octanol–water partition coefficient (Wildman–Crippen LogP) is 1.18. The molecule has 0 unspecified atom stereocenters. The first-order chi connectivity index (χ1) is 7.32. The Morgan fingerprint density at radius 3 is 2.25 bits per heavy atom. The molecule has 1 saturated heterocycles. The number of rotatable bonds is 3. The molecule has 4 atom stereocenters. The minimum absolute atomic E-state index is 0.0767. The maximum Gasteiger partial charge on any atom is 0.179 e. The maximum absolute atomic E-state index is 10.3. The molecule has 0 aromatic carbocycles. The van der Waals surface area contributed by atoms with Gasteiger partial charge in [0.25, 0.3) is 0 Å². The van der Waals surface area contributed by atoms with Crippen LogP contribution in [0.1, 0.15) is 34.1 Å². The van der Waals surface area contributed by atoms with Gasteiger partial charge in [0.1, 0.15) is 12.2 Å². The van der Waals surface area contributed by atoms with Crippen LogP contribution in [0.5, 0.6) is 0 Å². The van der Waals surface area contributed by atoms with E-state index in [0.29, 0.717) is 12.3 Å². The van der Waals surface area contributed by atoms with Crippen molar-refractivity contribution in [2.45, 2.75) is 58.0 Å².